The summed E-state index contributed by atoms with van der Waals surface area (Å²) >= 11 is 5.16. The third-order valence-electron chi connectivity index (χ3n) is 3.15. The molecule has 0 atom stereocenters. The largest absolute Gasteiger partial charge is 0.294 e. The zero-order chi connectivity index (χ0) is 14.7. The van der Waals surface area contributed by atoms with Crippen LogP contribution in [-0.2, 0) is 6.54 Å². The van der Waals surface area contributed by atoms with Crippen molar-refractivity contribution in [2.45, 2.75) is 20.4 Å². The van der Waals surface area contributed by atoms with E-state index in [2.05, 4.69) is 32.3 Å². The minimum Gasteiger partial charge on any atom is -0.294 e. The number of thiophene rings is 1. The maximum absolute atomic E-state index is 12.4. The first-order valence-electron chi connectivity index (χ1n) is 6.47. The highest BCUT2D eigenvalue weighted by atomic mass is 79.9. The van der Waals surface area contributed by atoms with E-state index in [0.29, 0.717) is 6.54 Å². The van der Waals surface area contributed by atoms with Crippen molar-refractivity contribution < 1.29 is 4.79 Å². The fourth-order valence-corrected chi connectivity index (χ4v) is 3.66. The molecule has 106 valence electrons. The van der Waals surface area contributed by atoms with Crippen LogP contribution in [0.25, 0.3) is 0 Å². The quantitative estimate of drug-likeness (QED) is 0.742. The second kappa shape index (κ2) is 6.66. The molecule has 0 amide bonds. The number of aryl methyl sites for hydroxylation is 2. The van der Waals surface area contributed by atoms with Gasteiger partial charge in [-0.1, -0.05) is 17.7 Å². The summed E-state index contributed by atoms with van der Waals surface area (Å²) in [5.74, 6) is 0.185. The topological polar surface area (TPSA) is 20.3 Å². The molecule has 1 heterocycles. The number of halogens is 1. The molecule has 1 aromatic heterocycles. The summed E-state index contributed by atoms with van der Waals surface area (Å²) < 4.78 is 1.10. The van der Waals surface area contributed by atoms with Crippen LogP contribution in [0.5, 0.6) is 0 Å². The minimum absolute atomic E-state index is 0.185. The highest BCUT2D eigenvalue weighted by Gasteiger charge is 2.13. The molecule has 0 aliphatic rings. The Balaban J connectivity index is 2.02. The predicted molar refractivity (Wildman–Crippen MR) is 88.6 cm³/mol. The lowest BCUT2D eigenvalue weighted by Crippen LogP contribution is -2.25. The van der Waals surface area contributed by atoms with Gasteiger partial charge in [-0.25, -0.2) is 0 Å². The van der Waals surface area contributed by atoms with Crippen LogP contribution in [0, 0.1) is 13.8 Å². The van der Waals surface area contributed by atoms with Crippen LogP contribution >= 0.6 is 27.3 Å². The van der Waals surface area contributed by atoms with Gasteiger partial charge >= 0.3 is 0 Å². The molecule has 0 aliphatic heterocycles. The van der Waals surface area contributed by atoms with E-state index in [-0.39, 0.29) is 5.78 Å². The van der Waals surface area contributed by atoms with Crippen molar-refractivity contribution in [3.63, 3.8) is 0 Å². The zero-order valence-electron chi connectivity index (χ0n) is 11.9. The Kier molecular flexibility index (Phi) is 5.13. The van der Waals surface area contributed by atoms with Gasteiger partial charge < -0.3 is 0 Å². The fraction of sp³-hybridized carbons (Fsp3) is 0.312. The first kappa shape index (κ1) is 15.4. The third-order valence-corrected chi connectivity index (χ3v) is 4.84. The van der Waals surface area contributed by atoms with E-state index >= 15 is 0 Å². The lowest BCUT2D eigenvalue weighted by Gasteiger charge is -2.15. The summed E-state index contributed by atoms with van der Waals surface area (Å²) in [4.78, 5) is 15.7. The molecule has 0 saturated carbocycles. The summed E-state index contributed by atoms with van der Waals surface area (Å²) in [6.07, 6.45) is 0. The molecular weight excluding hydrogens is 334 g/mol. The number of nitrogens with zero attached hydrogens (tertiary/aromatic N) is 1. The Hall–Kier alpha value is -0.970. The molecule has 2 aromatic rings. The van der Waals surface area contributed by atoms with E-state index in [9.17, 15) is 4.79 Å². The molecule has 20 heavy (non-hydrogen) atoms. The number of carbonyl (C=O) groups excluding carboxylic acids is 1. The average Bonchev–Trinajstić information content (AvgIpc) is 2.77. The predicted octanol–water partition coefficient (Wildman–Crippen LogP) is 4.44. The van der Waals surface area contributed by atoms with Crippen molar-refractivity contribution in [2.75, 3.05) is 13.6 Å². The second-order valence-corrected chi connectivity index (χ2v) is 7.06. The monoisotopic (exact) mass is 351 g/mol. The van der Waals surface area contributed by atoms with Gasteiger partial charge in [-0.05, 0) is 54.5 Å². The lowest BCUT2D eigenvalue weighted by molar-refractivity contribution is 0.0943. The van der Waals surface area contributed by atoms with Gasteiger partial charge in [0.2, 0.25) is 0 Å². The number of rotatable bonds is 5. The number of hydrogen-bond donors (Lipinski definition) is 0. The van der Waals surface area contributed by atoms with Crippen LogP contribution in [0.2, 0.25) is 0 Å². The van der Waals surface area contributed by atoms with Crippen molar-refractivity contribution in [3.05, 3.63) is 55.7 Å². The number of benzene rings is 1. The molecule has 2 nitrogen and oxygen atoms in total. The highest BCUT2D eigenvalue weighted by Crippen LogP contribution is 2.21. The molecule has 4 heteroatoms. The molecule has 2 rings (SSSR count). The van der Waals surface area contributed by atoms with Gasteiger partial charge in [0.15, 0.2) is 5.78 Å². The van der Waals surface area contributed by atoms with E-state index in [1.807, 2.05) is 39.1 Å². The molecular formula is C16H18BrNOS. The number of hydrogen-bond acceptors (Lipinski definition) is 3. The molecule has 0 saturated heterocycles. The Morgan fingerprint density at radius 2 is 2.05 bits per heavy atom. The van der Waals surface area contributed by atoms with Crippen molar-refractivity contribution in [1.29, 1.82) is 0 Å². The summed E-state index contributed by atoms with van der Waals surface area (Å²) in [6.45, 7) is 5.25. The van der Waals surface area contributed by atoms with Crippen molar-refractivity contribution in [3.8, 4) is 0 Å². The first-order chi connectivity index (χ1) is 9.45. The number of ketones is 1. The summed E-state index contributed by atoms with van der Waals surface area (Å²) in [5.41, 5.74) is 3.01. The Labute approximate surface area is 132 Å². The van der Waals surface area contributed by atoms with Gasteiger partial charge in [0.05, 0.1) is 6.54 Å². The normalized spacial score (nSPS) is 11.1. The van der Waals surface area contributed by atoms with Crippen LogP contribution in [0.3, 0.4) is 0 Å². The molecule has 0 aliphatic carbocycles. The van der Waals surface area contributed by atoms with E-state index in [0.717, 1.165) is 27.7 Å². The van der Waals surface area contributed by atoms with Gasteiger partial charge in [0.1, 0.15) is 0 Å². The minimum atomic E-state index is 0.185. The number of likely N-dealkylation sites (N-methyl/N-ethyl adjacent to an activating group) is 1. The van der Waals surface area contributed by atoms with Crippen LogP contribution in [-0.4, -0.2) is 24.3 Å². The fourth-order valence-electron chi connectivity index (χ4n) is 2.13. The van der Waals surface area contributed by atoms with Gasteiger partial charge in [0, 0.05) is 26.8 Å². The van der Waals surface area contributed by atoms with E-state index in [4.69, 9.17) is 0 Å². The van der Waals surface area contributed by atoms with Crippen molar-refractivity contribution in [2.24, 2.45) is 0 Å². The molecule has 0 unspecified atom stereocenters. The van der Waals surface area contributed by atoms with Gasteiger partial charge in [-0.15, -0.1) is 11.3 Å². The highest BCUT2D eigenvalue weighted by molar-refractivity contribution is 9.10. The van der Waals surface area contributed by atoms with Crippen molar-refractivity contribution in [1.82, 2.24) is 4.90 Å². The Morgan fingerprint density at radius 3 is 2.70 bits per heavy atom. The zero-order valence-corrected chi connectivity index (χ0v) is 14.3. The van der Waals surface area contributed by atoms with Gasteiger partial charge in [-0.2, -0.15) is 0 Å². The molecule has 0 radical (unpaired) electrons. The van der Waals surface area contributed by atoms with Crippen LogP contribution in [0.15, 0.2) is 34.1 Å². The Morgan fingerprint density at radius 1 is 1.30 bits per heavy atom. The van der Waals surface area contributed by atoms with E-state index in [1.165, 1.54) is 4.88 Å². The van der Waals surface area contributed by atoms with E-state index < -0.39 is 0 Å². The van der Waals surface area contributed by atoms with E-state index in [1.54, 1.807) is 11.3 Å². The molecule has 0 spiro atoms. The summed E-state index contributed by atoms with van der Waals surface area (Å²) in [6, 6.07) is 8.13. The van der Waals surface area contributed by atoms with Gasteiger partial charge in [0.25, 0.3) is 0 Å². The smallest absolute Gasteiger partial charge is 0.177 e. The first-order valence-corrected chi connectivity index (χ1v) is 8.15. The van der Waals surface area contributed by atoms with Gasteiger partial charge in [-0.3, -0.25) is 9.69 Å². The van der Waals surface area contributed by atoms with Crippen LogP contribution in [0.4, 0.5) is 0 Å². The maximum Gasteiger partial charge on any atom is 0.177 e. The summed E-state index contributed by atoms with van der Waals surface area (Å²) in [7, 11) is 1.98. The summed E-state index contributed by atoms with van der Waals surface area (Å²) in [5, 5.41) is 2.07. The SMILES string of the molecule is Cc1ccc(C)c(C(=O)CN(C)Cc2cc(Br)cs2)c1. The lowest BCUT2D eigenvalue weighted by atomic mass is 10.0. The molecule has 0 N–H and O–H groups in total. The molecule has 0 fully saturated rings. The third kappa shape index (κ3) is 4.01. The average molecular weight is 352 g/mol. The number of Topliss-reactive ketones (excluding diaryl/α,β-unsaturated/α-hetero) is 1. The standard InChI is InChI=1S/C16H18BrNOS/c1-11-4-5-12(2)15(6-11)16(19)9-18(3)8-14-7-13(17)10-20-14/h4-7,10H,8-9H2,1-3H3. The van der Waals surface area contributed by atoms with Crippen molar-refractivity contribution >= 4 is 33.0 Å². The maximum atomic E-state index is 12.4. The molecule has 0 bridgehead atoms. The Bertz CT molecular complexity index is 621. The van der Waals surface area contributed by atoms with Crippen LogP contribution < -0.4 is 0 Å². The second-order valence-electron chi connectivity index (χ2n) is 5.15. The molecule has 1 aromatic carbocycles. The van der Waals surface area contributed by atoms with Crippen LogP contribution in [0.1, 0.15) is 26.4 Å². The number of carbonyl (C=O) groups is 1.